The van der Waals surface area contributed by atoms with Crippen molar-refractivity contribution in [3.8, 4) is 0 Å². The number of sulfonamides is 1. The number of aromatic amines is 1. The highest BCUT2D eigenvalue weighted by atomic mass is 32.2. The minimum absolute atomic E-state index is 0.0837. The summed E-state index contributed by atoms with van der Waals surface area (Å²) in [6.07, 6.45) is 4.76. The molecule has 19 heavy (non-hydrogen) atoms. The van der Waals surface area contributed by atoms with Gasteiger partial charge >= 0.3 is 4.87 Å². The Morgan fingerprint density at radius 2 is 2.16 bits per heavy atom. The van der Waals surface area contributed by atoms with Gasteiger partial charge in [-0.3, -0.25) is 4.79 Å². The topological polar surface area (TPSA) is 70.2 Å². The van der Waals surface area contributed by atoms with Gasteiger partial charge in [0.25, 0.3) is 10.0 Å². The zero-order chi connectivity index (χ0) is 14.0. The van der Waals surface area contributed by atoms with E-state index in [-0.39, 0.29) is 15.1 Å². The van der Waals surface area contributed by atoms with Crippen LogP contribution in [0.25, 0.3) is 0 Å². The summed E-state index contributed by atoms with van der Waals surface area (Å²) in [7, 11) is -3.52. The van der Waals surface area contributed by atoms with E-state index in [0.29, 0.717) is 12.2 Å². The molecular weight excluding hydrogens is 284 g/mol. The largest absolute Gasteiger partial charge is 0.315 e. The quantitative estimate of drug-likeness (QED) is 0.926. The third kappa shape index (κ3) is 2.93. The Morgan fingerprint density at radius 3 is 2.74 bits per heavy atom. The molecule has 1 saturated heterocycles. The summed E-state index contributed by atoms with van der Waals surface area (Å²) in [6.45, 7) is 4.28. The molecule has 0 saturated carbocycles. The second-order valence-corrected chi connectivity index (χ2v) is 8.05. The van der Waals surface area contributed by atoms with E-state index in [9.17, 15) is 13.2 Å². The maximum atomic E-state index is 12.7. The van der Waals surface area contributed by atoms with E-state index in [1.807, 2.05) is 0 Å². The van der Waals surface area contributed by atoms with Crippen LogP contribution in [0.4, 0.5) is 0 Å². The number of thiazole rings is 1. The van der Waals surface area contributed by atoms with Crippen LogP contribution in [0.5, 0.6) is 0 Å². The minimum Gasteiger partial charge on any atom is -0.315 e. The second-order valence-electron chi connectivity index (χ2n) is 4.98. The van der Waals surface area contributed by atoms with Gasteiger partial charge in [-0.05, 0) is 26.2 Å². The Balaban J connectivity index is 2.37. The first-order valence-corrected chi connectivity index (χ1v) is 8.94. The minimum atomic E-state index is -3.52. The molecule has 0 spiro atoms. The number of H-pyrrole nitrogens is 1. The van der Waals surface area contributed by atoms with Crippen LogP contribution >= 0.6 is 11.3 Å². The number of nitrogens with one attached hydrogen (secondary N) is 1. The first-order valence-electron chi connectivity index (χ1n) is 6.68. The molecule has 108 valence electrons. The summed E-state index contributed by atoms with van der Waals surface area (Å²) < 4.78 is 27.2. The molecule has 1 unspecified atom stereocenters. The molecule has 5 nitrogen and oxygen atoms in total. The van der Waals surface area contributed by atoms with Crippen molar-refractivity contribution in [2.75, 3.05) is 6.54 Å². The van der Waals surface area contributed by atoms with Gasteiger partial charge in [-0.15, -0.1) is 0 Å². The molecule has 2 heterocycles. The number of rotatable bonds is 4. The first-order chi connectivity index (χ1) is 8.96. The Morgan fingerprint density at radius 1 is 1.42 bits per heavy atom. The molecule has 1 aromatic rings. The molecule has 2 rings (SSSR count). The van der Waals surface area contributed by atoms with E-state index in [1.165, 1.54) is 0 Å². The van der Waals surface area contributed by atoms with Crippen molar-refractivity contribution in [3.63, 3.8) is 0 Å². The predicted octanol–water partition coefficient (Wildman–Crippen LogP) is 2.09. The van der Waals surface area contributed by atoms with Crippen LogP contribution in [0.3, 0.4) is 0 Å². The lowest BCUT2D eigenvalue weighted by Crippen LogP contribution is -2.43. The Kier molecular flexibility index (Phi) is 4.47. The predicted molar refractivity (Wildman–Crippen MR) is 76.1 cm³/mol. The lowest BCUT2D eigenvalue weighted by atomic mass is 10.0. The smallest absolute Gasteiger partial charge is 0.305 e. The van der Waals surface area contributed by atoms with Gasteiger partial charge in [0.1, 0.15) is 0 Å². The molecule has 0 radical (unpaired) electrons. The van der Waals surface area contributed by atoms with E-state index in [4.69, 9.17) is 0 Å². The van der Waals surface area contributed by atoms with Crippen molar-refractivity contribution in [1.82, 2.24) is 9.29 Å². The zero-order valence-electron chi connectivity index (χ0n) is 11.3. The molecule has 1 aliphatic rings. The molecule has 1 aliphatic heterocycles. The number of hydrogen-bond donors (Lipinski definition) is 1. The summed E-state index contributed by atoms with van der Waals surface area (Å²) in [5.74, 6) is 0. The van der Waals surface area contributed by atoms with E-state index in [1.54, 1.807) is 11.2 Å². The van der Waals surface area contributed by atoms with Gasteiger partial charge in [-0.1, -0.05) is 31.1 Å². The van der Waals surface area contributed by atoms with Crippen molar-refractivity contribution in [1.29, 1.82) is 0 Å². The van der Waals surface area contributed by atoms with E-state index in [0.717, 1.165) is 43.4 Å². The Bertz CT molecular complexity index is 586. The van der Waals surface area contributed by atoms with Crippen LogP contribution in [0.15, 0.2) is 9.00 Å². The Labute approximate surface area is 117 Å². The molecule has 1 N–H and O–H groups in total. The molecule has 0 bridgehead atoms. The summed E-state index contributed by atoms with van der Waals surface area (Å²) in [5.41, 5.74) is 0.454. The highest BCUT2D eigenvalue weighted by Crippen LogP contribution is 2.29. The molecular formula is C12H20N2O3S2. The zero-order valence-corrected chi connectivity index (χ0v) is 12.9. The SMILES string of the molecule is CCCC1CCCCN1S(=O)(=O)c1sc(=O)[nH]c1C. The summed E-state index contributed by atoms with van der Waals surface area (Å²) in [5, 5.41) is 0. The maximum absolute atomic E-state index is 12.7. The number of aryl methyl sites for hydroxylation is 1. The maximum Gasteiger partial charge on any atom is 0.305 e. The van der Waals surface area contributed by atoms with Crippen LogP contribution in [0, 0.1) is 6.92 Å². The average Bonchev–Trinajstić information content (AvgIpc) is 2.70. The van der Waals surface area contributed by atoms with Crippen LogP contribution in [-0.2, 0) is 10.0 Å². The Hall–Kier alpha value is -0.660. The van der Waals surface area contributed by atoms with Crippen molar-refractivity contribution in [3.05, 3.63) is 15.4 Å². The number of nitrogens with zero attached hydrogens (tertiary/aromatic N) is 1. The number of hydrogen-bond acceptors (Lipinski definition) is 4. The molecule has 0 aromatic carbocycles. The number of aromatic nitrogens is 1. The van der Waals surface area contributed by atoms with Crippen molar-refractivity contribution in [2.45, 2.75) is 56.2 Å². The third-order valence-electron chi connectivity index (χ3n) is 3.52. The molecule has 0 aliphatic carbocycles. The van der Waals surface area contributed by atoms with Gasteiger partial charge in [0.2, 0.25) is 0 Å². The third-order valence-corrected chi connectivity index (χ3v) is 7.05. The lowest BCUT2D eigenvalue weighted by Gasteiger charge is -2.34. The highest BCUT2D eigenvalue weighted by Gasteiger charge is 2.35. The second kappa shape index (κ2) is 5.76. The van der Waals surface area contributed by atoms with Crippen LogP contribution in [0.1, 0.15) is 44.7 Å². The fraction of sp³-hybridized carbons (Fsp3) is 0.750. The fourth-order valence-electron chi connectivity index (χ4n) is 2.66. The molecule has 1 atom stereocenters. The van der Waals surface area contributed by atoms with Gasteiger partial charge in [0.05, 0.1) is 0 Å². The van der Waals surface area contributed by atoms with Gasteiger partial charge in [-0.25, -0.2) is 8.42 Å². The molecule has 7 heteroatoms. The average molecular weight is 304 g/mol. The monoisotopic (exact) mass is 304 g/mol. The van der Waals surface area contributed by atoms with Gasteiger partial charge in [-0.2, -0.15) is 4.31 Å². The first kappa shape index (κ1) is 14.7. The summed E-state index contributed by atoms with van der Waals surface area (Å²) in [4.78, 5) is 13.6. The van der Waals surface area contributed by atoms with Crippen LogP contribution in [0.2, 0.25) is 0 Å². The lowest BCUT2D eigenvalue weighted by molar-refractivity contribution is 0.240. The van der Waals surface area contributed by atoms with Crippen molar-refractivity contribution >= 4 is 21.4 Å². The van der Waals surface area contributed by atoms with Gasteiger partial charge in [0, 0.05) is 18.3 Å². The highest BCUT2D eigenvalue weighted by molar-refractivity contribution is 7.91. The number of piperidine rings is 1. The molecule has 1 fully saturated rings. The van der Waals surface area contributed by atoms with Crippen LogP contribution in [-0.4, -0.2) is 30.3 Å². The van der Waals surface area contributed by atoms with Crippen molar-refractivity contribution < 1.29 is 8.42 Å². The van der Waals surface area contributed by atoms with Crippen molar-refractivity contribution in [2.24, 2.45) is 0 Å². The van der Waals surface area contributed by atoms with E-state index < -0.39 is 10.0 Å². The van der Waals surface area contributed by atoms with E-state index >= 15 is 0 Å². The fourth-order valence-corrected chi connectivity index (χ4v) is 5.79. The summed E-state index contributed by atoms with van der Waals surface area (Å²) in [6, 6.07) is 0.0837. The standard InChI is InChI=1S/C12H20N2O3S2/c1-3-6-10-7-4-5-8-14(10)19(16,17)11-9(2)13-12(15)18-11/h10H,3-8H2,1-2H3,(H,13,15). The van der Waals surface area contributed by atoms with Gasteiger partial charge < -0.3 is 4.98 Å². The van der Waals surface area contributed by atoms with Gasteiger partial charge in [0.15, 0.2) is 4.21 Å². The van der Waals surface area contributed by atoms with Crippen LogP contribution < -0.4 is 4.87 Å². The normalized spacial score (nSPS) is 21.7. The molecule has 0 amide bonds. The summed E-state index contributed by atoms with van der Waals surface area (Å²) >= 11 is 0.794. The molecule has 1 aromatic heterocycles. The van der Waals surface area contributed by atoms with E-state index in [2.05, 4.69) is 11.9 Å².